The average Bonchev–Trinajstić information content (AvgIpc) is 2.08. The molecule has 1 aromatic rings. The summed E-state index contributed by atoms with van der Waals surface area (Å²) in [5.74, 6) is -0.923. The Balaban J connectivity index is 3.41. The van der Waals surface area contributed by atoms with Gasteiger partial charge in [-0.25, -0.2) is 0 Å². The van der Waals surface area contributed by atoms with Crippen molar-refractivity contribution in [1.29, 1.82) is 0 Å². The van der Waals surface area contributed by atoms with Crippen molar-refractivity contribution in [3.05, 3.63) is 31.6 Å². The number of nitro groups is 1. The second-order valence-corrected chi connectivity index (χ2v) is 3.33. The Morgan fingerprint density at radius 2 is 2.23 bits per heavy atom. The lowest BCUT2D eigenvalue weighted by Crippen LogP contribution is -1.98. The van der Waals surface area contributed by atoms with Crippen molar-refractivity contribution in [2.45, 2.75) is 0 Å². The molecule has 1 aromatic carbocycles. The van der Waals surface area contributed by atoms with Crippen LogP contribution in [0, 0.1) is 19.5 Å². The summed E-state index contributed by atoms with van der Waals surface area (Å²) >= 11 is 1.68. The summed E-state index contributed by atoms with van der Waals surface area (Å²) in [4.78, 5) is 9.64. The van der Waals surface area contributed by atoms with Crippen LogP contribution in [0.2, 0.25) is 0 Å². The number of ether oxygens (including phenoxy) is 1. The zero-order valence-electron chi connectivity index (χ0n) is 6.58. The molecule has 0 unspecified atom stereocenters. The van der Waals surface area contributed by atoms with E-state index < -0.39 is 16.4 Å². The van der Waals surface area contributed by atoms with Crippen LogP contribution in [0.15, 0.2) is 12.1 Å². The maximum absolute atomic E-state index is 13.2. The normalized spacial score (nSPS) is 9.77. The standard InChI is InChI=1S/C7H5FINO3/c1-13-5-3-2-4(9)6(8)7(5)10(11)12/h2-3H,1H3. The number of benzene rings is 1. The Hall–Kier alpha value is -0.920. The Morgan fingerprint density at radius 1 is 1.62 bits per heavy atom. The van der Waals surface area contributed by atoms with Crippen LogP contribution in [0.1, 0.15) is 0 Å². The van der Waals surface area contributed by atoms with Crippen molar-refractivity contribution in [1.82, 2.24) is 0 Å². The molecule has 4 nitrogen and oxygen atoms in total. The molecule has 0 heterocycles. The minimum Gasteiger partial charge on any atom is -0.490 e. The topological polar surface area (TPSA) is 52.4 Å². The second kappa shape index (κ2) is 3.86. The molecule has 0 aliphatic carbocycles. The molecule has 0 bridgehead atoms. The lowest BCUT2D eigenvalue weighted by atomic mass is 10.3. The molecule has 0 aliphatic rings. The Kier molecular flexibility index (Phi) is 3.02. The van der Waals surface area contributed by atoms with Crippen molar-refractivity contribution >= 4 is 28.3 Å². The summed E-state index contributed by atoms with van der Waals surface area (Å²) in [6, 6.07) is 2.78. The van der Waals surface area contributed by atoms with Crippen LogP contribution in [0.25, 0.3) is 0 Å². The third-order valence-corrected chi connectivity index (χ3v) is 2.27. The molecule has 1 rings (SSSR count). The van der Waals surface area contributed by atoms with E-state index in [-0.39, 0.29) is 9.32 Å². The van der Waals surface area contributed by atoms with Gasteiger partial charge >= 0.3 is 5.69 Å². The monoisotopic (exact) mass is 297 g/mol. The van der Waals surface area contributed by atoms with Crippen LogP contribution in [0.3, 0.4) is 0 Å². The SMILES string of the molecule is COc1ccc(I)c(F)c1[N+](=O)[O-]. The van der Waals surface area contributed by atoms with Gasteiger partial charge in [0.05, 0.1) is 15.6 Å². The molecule has 0 radical (unpaired) electrons. The lowest BCUT2D eigenvalue weighted by Gasteiger charge is -2.02. The molecule has 6 heteroatoms. The van der Waals surface area contributed by atoms with Gasteiger partial charge in [-0.05, 0) is 34.7 Å². The summed E-state index contributed by atoms with van der Waals surface area (Å²) in [7, 11) is 1.26. The number of nitro benzene ring substituents is 1. The zero-order valence-corrected chi connectivity index (χ0v) is 8.74. The molecular weight excluding hydrogens is 292 g/mol. The van der Waals surface area contributed by atoms with Crippen molar-refractivity contribution in [3.63, 3.8) is 0 Å². The Labute approximate surface area is 87.0 Å². The van der Waals surface area contributed by atoms with Gasteiger partial charge in [-0.2, -0.15) is 4.39 Å². The molecule has 0 aromatic heterocycles. The minimum absolute atomic E-state index is 0.0667. The number of hydrogen-bond acceptors (Lipinski definition) is 3. The highest BCUT2D eigenvalue weighted by Gasteiger charge is 2.23. The predicted octanol–water partition coefficient (Wildman–Crippen LogP) is 2.35. The number of hydrogen-bond donors (Lipinski definition) is 0. The maximum atomic E-state index is 13.2. The highest BCUT2D eigenvalue weighted by Crippen LogP contribution is 2.32. The molecule has 0 aliphatic heterocycles. The van der Waals surface area contributed by atoms with Gasteiger partial charge in [-0.3, -0.25) is 10.1 Å². The van der Waals surface area contributed by atoms with Crippen molar-refractivity contribution < 1.29 is 14.1 Å². The zero-order chi connectivity index (χ0) is 10.0. The summed E-state index contributed by atoms with van der Waals surface area (Å²) < 4.78 is 18.0. The summed E-state index contributed by atoms with van der Waals surface area (Å²) in [6.07, 6.45) is 0. The number of methoxy groups -OCH3 is 1. The van der Waals surface area contributed by atoms with E-state index in [0.717, 1.165) is 0 Å². The third kappa shape index (κ3) is 1.87. The minimum atomic E-state index is -0.857. The van der Waals surface area contributed by atoms with E-state index in [0.29, 0.717) is 0 Å². The molecule has 0 atom stereocenters. The van der Waals surface area contributed by atoms with Gasteiger partial charge in [0.2, 0.25) is 5.82 Å². The number of halogens is 2. The van der Waals surface area contributed by atoms with E-state index in [1.54, 1.807) is 22.6 Å². The maximum Gasteiger partial charge on any atom is 0.347 e. The van der Waals surface area contributed by atoms with E-state index in [1.807, 2.05) is 0 Å². The summed E-state index contributed by atoms with van der Waals surface area (Å²) in [5.41, 5.74) is -0.616. The van der Waals surface area contributed by atoms with Gasteiger partial charge in [0.15, 0.2) is 5.75 Å². The molecule has 0 spiro atoms. The molecule has 0 N–H and O–H groups in total. The van der Waals surface area contributed by atoms with Gasteiger partial charge in [-0.1, -0.05) is 0 Å². The molecule has 0 amide bonds. The smallest absolute Gasteiger partial charge is 0.347 e. The molecule has 0 saturated heterocycles. The molecule has 13 heavy (non-hydrogen) atoms. The molecule has 0 saturated carbocycles. The fourth-order valence-electron chi connectivity index (χ4n) is 0.857. The highest BCUT2D eigenvalue weighted by atomic mass is 127. The highest BCUT2D eigenvalue weighted by molar-refractivity contribution is 14.1. The third-order valence-electron chi connectivity index (χ3n) is 1.43. The first-order valence-electron chi connectivity index (χ1n) is 3.24. The molecule has 70 valence electrons. The quantitative estimate of drug-likeness (QED) is 0.478. The summed E-state index contributed by atoms with van der Waals surface area (Å²) in [6.45, 7) is 0. The van der Waals surface area contributed by atoms with Crippen LogP contribution in [-0.4, -0.2) is 12.0 Å². The van der Waals surface area contributed by atoms with Gasteiger partial charge in [0.25, 0.3) is 0 Å². The predicted molar refractivity (Wildman–Crippen MR) is 52.3 cm³/mol. The van der Waals surface area contributed by atoms with Crippen molar-refractivity contribution in [3.8, 4) is 5.75 Å². The van der Waals surface area contributed by atoms with Gasteiger partial charge in [-0.15, -0.1) is 0 Å². The first-order chi connectivity index (χ1) is 6.07. The fourth-order valence-corrected chi connectivity index (χ4v) is 1.29. The second-order valence-electron chi connectivity index (χ2n) is 2.17. The fraction of sp³-hybridized carbons (Fsp3) is 0.143. The average molecular weight is 297 g/mol. The van der Waals surface area contributed by atoms with Crippen LogP contribution >= 0.6 is 22.6 Å². The lowest BCUT2D eigenvalue weighted by molar-refractivity contribution is -0.388. The van der Waals surface area contributed by atoms with Crippen molar-refractivity contribution in [2.75, 3.05) is 7.11 Å². The Morgan fingerprint density at radius 3 is 2.69 bits per heavy atom. The first-order valence-corrected chi connectivity index (χ1v) is 4.32. The summed E-state index contributed by atoms with van der Waals surface area (Å²) in [5, 5.41) is 10.4. The first kappa shape index (κ1) is 10.2. The van der Waals surface area contributed by atoms with E-state index in [2.05, 4.69) is 4.74 Å². The van der Waals surface area contributed by atoms with E-state index in [1.165, 1.54) is 19.2 Å². The van der Waals surface area contributed by atoms with Crippen LogP contribution in [-0.2, 0) is 0 Å². The van der Waals surface area contributed by atoms with E-state index in [4.69, 9.17) is 0 Å². The van der Waals surface area contributed by atoms with Crippen LogP contribution < -0.4 is 4.74 Å². The molecular formula is C7H5FINO3. The van der Waals surface area contributed by atoms with Crippen molar-refractivity contribution in [2.24, 2.45) is 0 Å². The van der Waals surface area contributed by atoms with E-state index >= 15 is 0 Å². The van der Waals surface area contributed by atoms with Gasteiger partial charge in [0, 0.05) is 0 Å². The largest absolute Gasteiger partial charge is 0.490 e. The number of nitrogens with zero attached hydrogens (tertiary/aromatic N) is 1. The van der Waals surface area contributed by atoms with E-state index in [9.17, 15) is 14.5 Å². The van der Waals surface area contributed by atoms with Crippen LogP contribution in [0.5, 0.6) is 5.75 Å². The van der Waals surface area contributed by atoms with Gasteiger partial charge in [0.1, 0.15) is 0 Å². The van der Waals surface area contributed by atoms with Gasteiger partial charge < -0.3 is 4.74 Å². The number of rotatable bonds is 2. The molecule has 0 fully saturated rings. The van der Waals surface area contributed by atoms with Crippen LogP contribution in [0.4, 0.5) is 10.1 Å². The Bertz CT molecular complexity index is 356.